The minimum Gasteiger partial charge on any atom is -0.330 e. The van der Waals surface area contributed by atoms with E-state index in [-0.39, 0.29) is 17.4 Å². The second-order valence-corrected chi connectivity index (χ2v) is 6.95. The minimum atomic E-state index is -2.86. The van der Waals surface area contributed by atoms with Crippen LogP contribution < -0.4 is 0 Å². The summed E-state index contributed by atoms with van der Waals surface area (Å²) in [5, 5.41) is 30.2. The molecular formula is C15H29F2N3O3. The van der Waals surface area contributed by atoms with Crippen molar-refractivity contribution >= 4 is 0 Å². The molecule has 0 aromatic rings. The molecular weight excluding hydrogens is 308 g/mol. The average Bonchev–Trinajstić information content (AvgIpc) is 2.42. The molecule has 3 fully saturated rings. The first-order chi connectivity index (χ1) is 10.8. The number of piperidine rings is 1. The van der Waals surface area contributed by atoms with E-state index in [9.17, 15) is 24.3 Å². The number of aliphatic hydroxyl groups is 3. The lowest BCUT2D eigenvalue weighted by Gasteiger charge is -2.59. The van der Waals surface area contributed by atoms with E-state index in [0.717, 1.165) is 10.2 Å². The van der Waals surface area contributed by atoms with E-state index in [4.69, 9.17) is 0 Å². The summed E-state index contributed by atoms with van der Waals surface area (Å²) >= 11 is 0. The van der Waals surface area contributed by atoms with Crippen LogP contribution in [-0.2, 0) is 0 Å². The third-order valence-corrected chi connectivity index (χ3v) is 5.19. The molecule has 1 spiro atoms. The molecule has 2 aliphatic heterocycles. The van der Waals surface area contributed by atoms with Gasteiger partial charge in [-0.3, -0.25) is 0 Å². The molecule has 1 saturated carbocycles. The maximum absolute atomic E-state index is 13.0. The van der Waals surface area contributed by atoms with Crippen LogP contribution >= 0.6 is 0 Å². The van der Waals surface area contributed by atoms with Crippen molar-refractivity contribution in [2.24, 2.45) is 11.3 Å². The summed E-state index contributed by atoms with van der Waals surface area (Å²) in [5.41, 5.74) is -0.0643. The van der Waals surface area contributed by atoms with Crippen molar-refractivity contribution < 1.29 is 24.3 Å². The van der Waals surface area contributed by atoms with E-state index in [2.05, 4.69) is 0 Å². The van der Waals surface area contributed by atoms with Gasteiger partial charge in [0.1, 0.15) is 0 Å². The maximum Gasteiger partial charge on any atom is 0.346 e. The van der Waals surface area contributed by atoms with Gasteiger partial charge in [0, 0.05) is 44.2 Å². The van der Waals surface area contributed by atoms with Crippen LogP contribution in [0.2, 0.25) is 0 Å². The number of nitrogens with zero attached hydrogens (tertiary/aromatic N) is 3. The van der Waals surface area contributed by atoms with Crippen molar-refractivity contribution in [1.82, 2.24) is 15.1 Å². The Bertz CT molecular complexity index is 373. The smallest absolute Gasteiger partial charge is 0.330 e. The van der Waals surface area contributed by atoms with Crippen molar-refractivity contribution in [3.63, 3.8) is 0 Å². The number of rotatable bonds is 4. The van der Waals surface area contributed by atoms with Gasteiger partial charge < -0.3 is 15.3 Å². The molecule has 8 heteroatoms. The van der Waals surface area contributed by atoms with Gasteiger partial charge in [-0.05, 0) is 31.6 Å². The molecule has 0 aromatic carbocycles. The Morgan fingerprint density at radius 1 is 1.04 bits per heavy atom. The van der Waals surface area contributed by atoms with E-state index in [1.54, 1.807) is 0 Å². The van der Waals surface area contributed by atoms with E-state index >= 15 is 0 Å². The molecule has 23 heavy (non-hydrogen) atoms. The monoisotopic (exact) mass is 337 g/mol. The van der Waals surface area contributed by atoms with Gasteiger partial charge in [-0.1, -0.05) is 13.8 Å². The number of hydrogen-bond acceptors (Lipinski definition) is 6. The highest BCUT2D eigenvalue weighted by Crippen LogP contribution is 2.51. The van der Waals surface area contributed by atoms with Gasteiger partial charge in [0.2, 0.25) is 0 Å². The van der Waals surface area contributed by atoms with Crippen molar-refractivity contribution in [2.75, 3.05) is 32.7 Å². The highest BCUT2D eigenvalue weighted by atomic mass is 19.2. The summed E-state index contributed by atoms with van der Waals surface area (Å²) in [6.07, 6.45) is -0.311. The van der Waals surface area contributed by atoms with Crippen LogP contribution in [-0.4, -0.2) is 75.3 Å². The highest BCUT2D eigenvalue weighted by molar-refractivity contribution is 5.06. The molecule has 3 N–H and O–H groups in total. The number of hydrogen-bond donors (Lipinski definition) is 3. The molecule has 1 aliphatic carbocycles. The lowest BCUT2D eigenvalue weighted by Crippen LogP contribution is -2.68. The molecule has 3 rings (SSSR count). The van der Waals surface area contributed by atoms with E-state index < -0.39 is 6.10 Å². The van der Waals surface area contributed by atoms with Crippen molar-refractivity contribution in [1.29, 1.82) is 0 Å². The third kappa shape index (κ3) is 4.37. The first kappa shape index (κ1) is 19.0. The van der Waals surface area contributed by atoms with Crippen LogP contribution in [0.15, 0.2) is 0 Å². The van der Waals surface area contributed by atoms with Crippen LogP contribution in [0.3, 0.4) is 0 Å². The van der Waals surface area contributed by atoms with Crippen LogP contribution in [0, 0.1) is 11.3 Å². The Morgan fingerprint density at radius 2 is 1.57 bits per heavy atom. The lowest BCUT2D eigenvalue weighted by atomic mass is 9.61. The topological polar surface area (TPSA) is 70.4 Å². The molecule has 0 unspecified atom stereocenters. The first-order valence-corrected chi connectivity index (χ1v) is 8.53. The maximum atomic E-state index is 13.0. The van der Waals surface area contributed by atoms with E-state index in [1.165, 1.54) is 4.90 Å². The summed E-state index contributed by atoms with van der Waals surface area (Å²) < 4.78 is 25.8. The molecule has 2 saturated heterocycles. The predicted octanol–water partition coefficient (Wildman–Crippen LogP) is 0.848. The van der Waals surface area contributed by atoms with Gasteiger partial charge in [0.15, 0.2) is 0 Å². The van der Waals surface area contributed by atoms with Gasteiger partial charge >= 0.3 is 6.10 Å². The summed E-state index contributed by atoms with van der Waals surface area (Å²) in [6.45, 7) is 5.75. The molecule has 3 aliphatic rings. The Hall–Kier alpha value is -0.380. The summed E-state index contributed by atoms with van der Waals surface area (Å²) in [7, 11) is 0. The van der Waals surface area contributed by atoms with Gasteiger partial charge in [-0.25, -0.2) is 4.90 Å². The zero-order valence-electron chi connectivity index (χ0n) is 14.0. The normalized spacial score (nSPS) is 26.6. The molecule has 6 nitrogen and oxygen atoms in total. The van der Waals surface area contributed by atoms with Crippen molar-refractivity contribution in [3.05, 3.63) is 0 Å². The molecule has 0 amide bonds. The highest BCUT2D eigenvalue weighted by Gasteiger charge is 2.56. The Balaban J connectivity index is 0.000000924. The zero-order valence-corrected chi connectivity index (χ0v) is 14.0. The molecule has 136 valence electrons. The molecule has 0 aromatic heterocycles. The largest absolute Gasteiger partial charge is 0.346 e. The fourth-order valence-corrected chi connectivity index (χ4v) is 3.98. The predicted molar refractivity (Wildman–Crippen MR) is 81.0 cm³/mol. The van der Waals surface area contributed by atoms with Gasteiger partial charge in [-0.15, -0.1) is 19.2 Å². The van der Waals surface area contributed by atoms with Gasteiger partial charge in [0.25, 0.3) is 0 Å². The van der Waals surface area contributed by atoms with Gasteiger partial charge in [0.05, 0.1) is 0 Å². The Kier molecular flexibility index (Phi) is 5.97. The number of halogens is 2. The Labute approximate surface area is 136 Å². The third-order valence-electron chi connectivity index (χ3n) is 5.19. The van der Waals surface area contributed by atoms with Crippen molar-refractivity contribution in [3.8, 4) is 0 Å². The SMILES string of the molecule is CC.OC(O)(O)N(CC1CCN(F)CC1)C1CC2(C1)CN(F)C2. The molecule has 0 atom stereocenters. The van der Waals surface area contributed by atoms with Gasteiger partial charge in [-0.2, -0.15) is 0 Å². The standard InChI is InChI=1S/C13H23F2N3O3.C2H6/c14-16-3-1-10(2-4-16)7-18(13(19,20)21)11-5-12(6-11)8-17(15)9-12;1-2/h10-11,19-21H,1-9H2;1-2H3. The summed E-state index contributed by atoms with van der Waals surface area (Å²) in [5.74, 6) is 0.124. The second kappa shape index (κ2) is 7.25. The lowest BCUT2D eigenvalue weighted by molar-refractivity contribution is -0.412. The van der Waals surface area contributed by atoms with E-state index in [1.807, 2.05) is 13.8 Å². The minimum absolute atomic E-state index is 0.0643. The molecule has 0 radical (unpaired) electrons. The van der Waals surface area contributed by atoms with E-state index in [0.29, 0.717) is 58.4 Å². The van der Waals surface area contributed by atoms with Crippen molar-refractivity contribution in [2.45, 2.75) is 51.7 Å². The fourth-order valence-electron chi connectivity index (χ4n) is 3.98. The average molecular weight is 337 g/mol. The van der Waals surface area contributed by atoms with Crippen LogP contribution in [0.1, 0.15) is 39.5 Å². The summed E-state index contributed by atoms with van der Waals surface area (Å²) in [6, 6.07) is -0.165. The molecule has 0 bridgehead atoms. The summed E-state index contributed by atoms with van der Waals surface area (Å²) in [4.78, 5) is 1.28. The fraction of sp³-hybridized carbons (Fsp3) is 1.00. The quantitative estimate of drug-likeness (QED) is 0.522. The van der Waals surface area contributed by atoms with Crippen LogP contribution in [0.25, 0.3) is 0 Å². The second-order valence-electron chi connectivity index (χ2n) is 6.95. The van der Waals surface area contributed by atoms with Crippen LogP contribution in [0.5, 0.6) is 0 Å². The first-order valence-electron chi connectivity index (χ1n) is 8.53. The molecule has 2 heterocycles. The van der Waals surface area contributed by atoms with Crippen LogP contribution in [0.4, 0.5) is 8.96 Å². The Morgan fingerprint density at radius 3 is 2.00 bits per heavy atom. The zero-order chi connectivity index (χ0) is 17.3.